The molecule has 2 aliphatic carbocycles. The quantitative estimate of drug-likeness (QED) is 0.817. The highest BCUT2D eigenvalue weighted by Gasteiger charge is 2.44. The first kappa shape index (κ1) is 16.4. The molecule has 0 spiro atoms. The number of hydrogen-bond donors (Lipinski definition) is 2. The number of carbonyl (C=O) groups is 3. The van der Waals surface area contributed by atoms with Gasteiger partial charge in [-0.3, -0.25) is 14.4 Å². The number of methoxy groups -OCH3 is 1. The molecule has 1 unspecified atom stereocenters. The number of ketones is 3. The van der Waals surface area contributed by atoms with Crippen LogP contribution in [0.5, 0.6) is 0 Å². The van der Waals surface area contributed by atoms with Crippen LogP contribution >= 0.6 is 0 Å². The Hall–Kier alpha value is -2.47. The molecule has 1 aromatic carbocycles. The number of ether oxygens (including phenoxy) is 1. The first-order valence-corrected chi connectivity index (χ1v) is 7.58. The van der Waals surface area contributed by atoms with Crippen molar-refractivity contribution in [2.75, 3.05) is 7.11 Å². The fraction of sp³-hybridized carbons (Fsp3) is 0.389. The zero-order valence-corrected chi connectivity index (χ0v) is 13.9. The molecule has 2 N–H and O–H groups in total. The molecule has 6 heteroatoms. The fourth-order valence-electron chi connectivity index (χ4n) is 3.51. The second kappa shape index (κ2) is 5.01. The van der Waals surface area contributed by atoms with Crippen LogP contribution in [0.4, 0.5) is 0 Å². The lowest BCUT2D eigenvalue weighted by molar-refractivity contribution is 0.0632. The molecule has 0 bridgehead atoms. The standard InChI is InChI=1S/C18H18O6/c1-7-12-8(14(21)17(24-4)16(23)15(12)22)5-9-13(7)10(19)6-11(20)18(9,2)3/h5,11,20,23H,6H2,1-4H3. The van der Waals surface area contributed by atoms with Crippen molar-refractivity contribution >= 4 is 17.3 Å². The van der Waals surface area contributed by atoms with E-state index in [1.54, 1.807) is 20.8 Å². The molecule has 0 aliphatic heterocycles. The average molecular weight is 330 g/mol. The molecular weight excluding hydrogens is 312 g/mol. The summed E-state index contributed by atoms with van der Waals surface area (Å²) < 4.78 is 4.86. The Morgan fingerprint density at radius 2 is 1.79 bits per heavy atom. The molecule has 0 aromatic heterocycles. The van der Waals surface area contributed by atoms with Crippen molar-refractivity contribution in [1.29, 1.82) is 0 Å². The third-order valence-corrected chi connectivity index (χ3v) is 5.07. The average Bonchev–Trinajstić information content (AvgIpc) is 2.51. The molecule has 6 nitrogen and oxygen atoms in total. The smallest absolute Gasteiger partial charge is 0.232 e. The molecule has 2 aliphatic rings. The maximum absolute atomic E-state index is 12.6. The van der Waals surface area contributed by atoms with E-state index in [2.05, 4.69) is 0 Å². The Labute approximate surface area is 138 Å². The highest BCUT2D eigenvalue weighted by atomic mass is 16.5. The summed E-state index contributed by atoms with van der Waals surface area (Å²) in [7, 11) is 1.20. The summed E-state index contributed by atoms with van der Waals surface area (Å²) >= 11 is 0. The van der Waals surface area contributed by atoms with E-state index in [9.17, 15) is 24.6 Å². The summed E-state index contributed by atoms with van der Waals surface area (Å²) in [5, 5.41) is 20.2. The molecule has 0 amide bonds. The van der Waals surface area contributed by atoms with Gasteiger partial charge in [0.05, 0.1) is 13.2 Å². The summed E-state index contributed by atoms with van der Waals surface area (Å²) in [4.78, 5) is 37.5. The monoisotopic (exact) mass is 330 g/mol. The van der Waals surface area contributed by atoms with Gasteiger partial charge in [-0.1, -0.05) is 13.8 Å². The minimum absolute atomic E-state index is 0.0255. The highest BCUT2D eigenvalue weighted by Crippen LogP contribution is 2.42. The van der Waals surface area contributed by atoms with Gasteiger partial charge >= 0.3 is 0 Å². The minimum atomic E-state index is -0.879. The van der Waals surface area contributed by atoms with Crippen LogP contribution < -0.4 is 0 Å². The first-order chi connectivity index (χ1) is 11.1. The van der Waals surface area contributed by atoms with Crippen LogP contribution in [-0.2, 0) is 10.2 Å². The highest BCUT2D eigenvalue weighted by molar-refractivity contribution is 6.26. The van der Waals surface area contributed by atoms with Gasteiger partial charge in [-0.05, 0) is 24.1 Å². The molecule has 126 valence electrons. The molecule has 0 saturated heterocycles. The number of aliphatic hydroxyl groups is 2. The van der Waals surface area contributed by atoms with Crippen LogP contribution in [0.2, 0.25) is 0 Å². The van der Waals surface area contributed by atoms with Gasteiger partial charge < -0.3 is 14.9 Å². The predicted molar refractivity (Wildman–Crippen MR) is 84.5 cm³/mol. The SMILES string of the molecule is COC1=C(O)C(=O)c2c(cc3c(c2C)C(=O)CC(O)C3(C)C)C1=O. The number of aliphatic hydroxyl groups excluding tert-OH is 2. The summed E-state index contributed by atoms with van der Waals surface area (Å²) in [6, 6.07) is 1.48. The van der Waals surface area contributed by atoms with E-state index < -0.39 is 34.6 Å². The van der Waals surface area contributed by atoms with Gasteiger partial charge in [0.15, 0.2) is 5.78 Å². The van der Waals surface area contributed by atoms with Crippen molar-refractivity contribution in [2.24, 2.45) is 0 Å². The normalized spacial score (nSPS) is 22.4. The lowest BCUT2D eigenvalue weighted by Gasteiger charge is -2.38. The number of rotatable bonds is 1. The van der Waals surface area contributed by atoms with Crippen LogP contribution in [0.1, 0.15) is 62.5 Å². The zero-order valence-electron chi connectivity index (χ0n) is 13.9. The van der Waals surface area contributed by atoms with E-state index in [-0.39, 0.29) is 23.3 Å². The second-order valence-electron chi connectivity index (χ2n) is 6.75. The number of carbonyl (C=O) groups excluding carboxylic acids is 3. The van der Waals surface area contributed by atoms with Crippen molar-refractivity contribution in [3.05, 3.63) is 45.4 Å². The number of benzene rings is 1. The number of allylic oxidation sites excluding steroid dienone is 2. The Kier molecular flexibility index (Phi) is 3.42. The van der Waals surface area contributed by atoms with Crippen molar-refractivity contribution in [3.63, 3.8) is 0 Å². The molecule has 24 heavy (non-hydrogen) atoms. The molecule has 1 aromatic rings. The lowest BCUT2D eigenvalue weighted by Crippen LogP contribution is -2.42. The molecule has 0 heterocycles. The van der Waals surface area contributed by atoms with Crippen LogP contribution in [0.15, 0.2) is 17.6 Å². The van der Waals surface area contributed by atoms with Crippen LogP contribution in [0.25, 0.3) is 0 Å². The van der Waals surface area contributed by atoms with Crippen molar-refractivity contribution in [2.45, 2.75) is 38.7 Å². The van der Waals surface area contributed by atoms with Gasteiger partial charge in [0.25, 0.3) is 0 Å². The summed E-state index contributed by atoms with van der Waals surface area (Å²) in [6.07, 6.45) is -0.928. The van der Waals surface area contributed by atoms with E-state index in [4.69, 9.17) is 4.74 Å². The molecule has 3 rings (SSSR count). The van der Waals surface area contributed by atoms with Gasteiger partial charge in [0.2, 0.25) is 23.1 Å². The zero-order chi connectivity index (χ0) is 18.0. The predicted octanol–water partition coefficient (Wildman–Crippen LogP) is 2.01. The number of hydrogen-bond acceptors (Lipinski definition) is 6. The second-order valence-corrected chi connectivity index (χ2v) is 6.75. The van der Waals surface area contributed by atoms with Gasteiger partial charge in [0.1, 0.15) is 0 Å². The van der Waals surface area contributed by atoms with Crippen LogP contribution in [-0.4, -0.2) is 40.8 Å². The Bertz CT molecular complexity index is 844. The van der Waals surface area contributed by atoms with Crippen molar-refractivity contribution < 1.29 is 29.3 Å². The fourth-order valence-corrected chi connectivity index (χ4v) is 3.51. The van der Waals surface area contributed by atoms with E-state index in [1.165, 1.54) is 13.2 Å². The third-order valence-electron chi connectivity index (χ3n) is 5.07. The Balaban J connectivity index is 2.39. The van der Waals surface area contributed by atoms with Gasteiger partial charge in [-0.25, -0.2) is 0 Å². The third kappa shape index (κ3) is 1.89. The molecular formula is C18H18O6. The Morgan fingerprint density at radius 1 is 1.17 bits per heavy atom. The van der Waals surface area contributed by atoms with Gasteiger partial charge in [-0.2, -0.15) is 0 Å². The molecule has 0 fully saturated rings. The van der Waals surface area contributed by atoms with E-state index in [0.29, 0.717) is 16.7 Å². The minimum Gasteiger partial charge on any atom is -0.501 e. The lowest BCUT2D eigenvalue weighted by atomic mass is 9.67. The number of Topliss-reactive ketones (excluding diaryl/α,β-unsaturated/α-hetero) is 3. The summed E-state index contributed by atoms with van der Waals surface area (Å²) in [5.74, 6) is -2.79. The molecule has 0 saturated carbocycles. The largest absolute Gasteiger partial charge is 0.501 e. The van der Waals surface area contributed by atoms with E-state index in [0.717, 1.165) is 0 Å². The first-order valence-electron chi connectivity index (χ1n) is 7.58. The maximum Gasteiger partial charge on any atom is 0.232 e. The van der Waals surface area contributed by atoms with Crippen molar-refractivity contribution in [1.82, 2.24) is 0 Å². The molecule has 1 atom stereocenters. The van der Waals surface area contributed by atoms with Crippen LogP contribution in [0, 0.1) is 6.92 Å². The van der Waals surface area contributed by atoms with Crippen molar-refractivity contribution in [3.8, 4) is 0 Å². The summed E-state index contributed by atoms with van der Waals surface area (Å²) in [5.41, 5.74) is 0.591. The Morgan fingerprint density at radius 3 is 2.38 bits per heavy atom. The van der Waals surface area contributed by atoms with Gasteiger partial charge in [0, 0.05) is 28.5 Å². The van der Waals surface area contributed by atoms with Gasteiger partial charge in [-0.15, -0.1) is 0 Å². The van der Waals surface area contributed by atoms with E-state index >= 15 is 0 Å². The van der Waals surface area contributed by atoms with E-state index in [1.807, 2.05) is 0 Å². The maximum atomic E-state index is 12.6. The summed E-state index contributed by atoms with van der Waals surface area (Å²) in [6.45, 7) is 5.16. The van der Waals surface area contributed by atoms with Crippen LogP contribution in [0.3, 0.4) is 0 Å². The topological polar surface area (TPSA) is 101 Å². The number of fused-ring (bicyclic) bond motifs is 2. The molecule has 0 radical (unpaired) electrons.